The van der Waals surface area contributed by atoms with Crippen LogP contribution in [0.1, 0.15) is 207 Å². The van der Waals surface area contributed by atoms with Crippen LogP contribution in [0.25, 0.3) is 0 Å². The average molecular weight is 659 g/mol. The number of carbonyl (C=O) groups excluding carboxylic acids is 2. The maximum Gasteiger partial charge on any atom is 0.306 e. The summed E-state index contributed by atoms with van der Waals surface area (Å²) in [6, 6.07) is 12.9. The van der Waals surface area contributed by atoms with Crippen molar-refractivity contribution in [2.24, 2.45) is 5.92 Å². The van der Waals surface area contributed by atoms with E-state index in [1.165, 1.54) is 112 Å². The first kappa shape index (κ1) is 38.2. The van der Waals surface area contributed by atoms with E-state index in [1.807, 2.05) is 0 Å². The third kappa shape index (κ3) is 11.2. The minimum absolute atomic E-state index is 0.0785. The third-order valence-corrected chi connectivity index (χ3v) is 11.1. The first-order valence-corrected chi connectivity index (χ1v) is 20.0. The number of aryl methyl sites for hydroxylation is 2. The maximum absolute atomic E-state index is 13.2. The number of ether oxygens (including phenoxy) is 2. The lowest BCUT2D eigenvalue weighted by Gasteiger charge is -2.45. The van der Waals surface area contributed by atoms with Gasteiger partial charge in [-0.05, 0) is 78.8 Å². The van der Waals surface area contributed by atoms with E-state index in [2.05, 4.69) is 64.1 Å². The second-order valence-corrected chi connectivity index (χ2v) is 15.0. The molecule has 0 radical (unpaired) electrons. The van der Waals surface area contributed by atoms with Gasteiger partial charge in [0.05, 0.1) is 0 Å². The van der Waals surface area contributed by atoms with E-state index >= 15 is 0 Å². The Morgan fingerprint density at radius 2 is 0.896 bits per heavy atom. The number of unbranched alkanes of at least 4 members (excludes halogenated alkanes) is 16. The van der Waals surface area contributed by atoms with Gasteiger partial charge < -0.3 is 9.47 Å². The van der Waals surface area contributed by atoms with Crippen LogP contribution >= 0.6 is 0 Å². The topological polar surface area (TPSA) is 52.6 Å². The van der Waals surface area contributed by atoms with Crippen molar-refractivity contribution in [1.82, 2.24) is 0 Å². The number of carbonyl (C=O) groups is 2. The lowest BCUT2D eigenvalue weighted by atomic mass is 9.62. The monoisotopic (exact) mass is 658 g/mol. The van der Waals surface area contributed by atoms with Crippen molar-refractivity contribution in [3.63, 3.8) is 0 Å². The van der Waals surface area contributed by atoms with Gasteiger partial charge in [0.15, 0.2) is 0 Å². The van der Waals surface area contributed by atoms with E-state index in [1.54, 1.807) is 0 Å². The molecule has 0 amide bonds. The summed E-state index contributed by atoms with van der Waals surface area (Å²) in [5.41, 5.74) is 7.43. The quantitative estimate of drug-likeness (QED) is 0.0933. The molecule has 4 rings (SSSR count). The standard InChI is InChI=1S/C44H66O4/c1-5-7-9-11-13-15-17-19-21-29-40(45)47-38-31-35-32-39(48-41(46)30-22-20-18-16-14-12-10-8-6-2)37-28-24-26-34(4)43(37)44(35)42-33(3)25-23-27-36(38)42/h23-28,35,38-39,44H,5-22,29-32H2,1-4H3/t35?,38-,39-,44?/m0/s1. The molecule has 0 saturated heterocycles. The number of fused-ring (bicyclic) bond motifs is 5. The normalized spacial score (nSPS) is 19.7. The molecular weight excluding hydrogens is 592 g/mol. The Kier molecular flexibility index (Phi) is 16.5. The van der Waals surface area contributed by atoms with Crippen molar-refractivity contribution in [1.29, 1.82) is 0 Å². The second kappa shape index (κ2) is 20.8. The van der Waals surface area contributed by atoms with Crippen molar-refractivity contribution in [3.05, 3.63) is 69.8 Å². The lowest BCUT2D eigenvalue weighted by Crippen LogP contribution is -2.34. The summed E-state index contributed by atoms with van der Waals surface area (Å²) in [7, 11) is 0. The Balaban J connectivity index is 1.36. The molecule has 4 nitrogen and oxygen atoms in total. The van der Waals surface area contributed by atoms with Gasteiger partial charge in [-0.2, -0.15) is 0 Å². The number of rotatable bonds is 22. The molecule has 0 heterocycles. The summed E-state index contributed by atoms with van der Waals surface area (Å²) in [6.45, 7) is 8.90. The molecule has 48 heavy (non-hydrogen) atoms. The van der Waals surface area contributed by atoms with Crippen LogP contribution in [0.5, 0.6) is 0 Å². The number of benzene rings is 2. The molecule has 0 saturated carbocycles. The molecular formula is C44H66O4. The van der Waals surface area contributed by atoms with Gasteiger partial charge in [-0.25, -0.2) is 0 Å². The largest absolute Gasteiger partial charge is 0.457 e. The van der Waals surface area contributed by atoms with Gasteiger partial charge in [0.2, 0.25) is 0 Å². The van der Waals surface area contributed by atoms with Crippen LogP contribution < -0.4 is 0 Å². The van der Waals surface area contributed by atoms with Gasteiger partial charge in [-0.15, -0.1) is 0 Å². The van der Waals surface area contributed by atoms with Crippen molar-refractivity contribution in [2.45, 2.75) is 187 Å². The Morgan fingerprint density at radius 1 is 0.542 bits per heavy atom. The zero-order valence-corrected chi connectivity index (χ0v) is 31.0. The van der Waals surface area contributed by atoms with Gasteiger partial charge in [0.1, 0.15) is 12.2 Å². The molecule has 0 N–H and O–H groups in total. The highest BCUT2D eigenvalue weighted by atomic mass is 16.5. The maximum atomic E-state index is 13.2. The van der Waals surface area contributed by atoms with Gasteiger partial charge in [0.25, 0.3) is 0 Å². The zero-order valence-electron chi connectivity index (χ0n) is 31.0. The van der Waals surface area contributed by atoms with E-state index in [9.17, 15) is 9.59 Å². The highest BCUT2D eigenvalue weighted by Gasteiger charge is 2.45. The summed E-state index contributed by atoms with van der Waals surface area (Å²) in [4.78, 5) is 26.3. The SMILES string of the molecule is CCCCCCCCCCCC(=O)O[C@H]1CC2C[C@H](OC(=O)CCCCCCCCCCC)c3cccc(C)c3C2c2c(C)cccc21. The van der Waals surface area contributed by atoms with E-state index < -0.39 is 0 Å². The van der Waals surface area contributed by atoms with Crippen LogP contribution in [-0.4, -0.2) is 11.9 Å². The molecule has 2 aromatic carbocycles. The summed E-state index contributed by atoms with van der Waals surface area (Å²) in [5.74, 6) is 0.301. The smallest absolute Gasteiger partial charge is 0.306 e. The fourth-order valence-electron chi connectivity index (χ4n) is 8.42. The number of hydrogen-bond acceptors (Lipinski definition) is 4. The molecule has 2 aliphatic rings. The van der Waals surface area contributed by atoms with Crippen LogP contribution in [0.2, 0.25) is 0 Å². The Hall–Kier alpha value is -2.62. The van der Waals surface area contributed by atoms with E-state index in [0.29, 0.717) is 12.8 Å². The van der Waals surface area contributed by atoms with Crippen molar-refractivity contribution in [2.75, 3.05) is 0 Å². The first-order valence-electron chi connectivity index (χ1n) is 20.0. The Morgan fingerprint density at radius 3 is 1.27 bits per heavy atom. The fraction of sp³-hybridized carbons (Fsp3) is 0.682. The molecule has 0 aliphatic heterocycles. The molecule has 2 aromatic rings. The summed E-state index contributed by atoms with van der Waals surface area (Å²) >= 11 is 0. The molecule has 0 unspecified atom stereocenters. The summed E-state index contributed by atoms with van der Waals surface area (Å²) < 4.78 is 12.6. The van der Waals surface area contributed by atoms with Crippen molar-refractivity contribution < 1.29 is 19.1 Å². The van der Waals surface area contributed by atoms with Gasteiger partial charge in [-0.3, -0.25) is 9.59 Å². The second-order valence-electron chi connectivity index (χ2n) is 15.0. The van der Waals surface area contributed by atoms with Crippen molar-refractivity contribution in [3.8, 4) is 0 Å². The molecule has 2 atom stereocenters. The molecule has 4 heteroatoms. The Bertz CT molecular complexity index is 1170. The molecule has 0 aromatic heterocycles. The van der Waals surface area contributed by atoms with Gasteiger partial charge >= 0.3 is 11.9 Å². The predicted molar refractivity (Wildman–Crippen MR) is 198 cm³/mol. The summed E-state index contributed by atoms with van der Waals surface area (Å²) in [6.07, 6.45) is 24.2. The highest BCUT2D eigenvalue weighted by Crippen LogP contribution is 2.56. The number of esters is 2. The zero-order chi connectivity index (χ0) is 34.1. The minimum atomic E-state index is -0.254. The average Bonchev–Trinajstić information content (AvgIpc) is 3.07. The van der Waals surface area contributed by atoms with E-state index in [0.717, 1.165) is 49.7 Å². The van der Waals surface area contributed by atoms with Crippen LogP contribution in [-0.2, 0) is 19.1 Å². The van der Waals surface area contributed by atoms with Crippen LogP contribution in [0.4, 0.5) is 0 Å². The predicted octanol–water partition coefficient (Wildman–Crippen LogP) is 12.9. The van der Waals surface area contributed by atoms with Gasteiger partial charge in [0, 0.05) is 18.8 Å². The molecule has 266 valence electrons. The molecule has 0 spiro atoms. The molecule has 0 fully saturated rings. The summed E-state index contributed by atoms with van der Waals surface area (Å²) in [5, 5.41) is 0. The Labute approximate surface area is 293 Å². The van der Waals surface area contributed by atoms with Crippen LogP contribution in [0.15, 0.2) is 36.4 Å². The van der Waals surface area contributed by atoms with Crippen LogP contribution in [0, 0.1) is 19.8 Å². The fourth-order valence-corrected chi connectivity index (χ4v) is 8.42. The molecule has 0 bridgehead atoms. The van der Waals surface area contributed by atoms with Crippen LogP contribution in [0.3, 0.4) is 0 Å². The van der Waals surface area contributed by atoms with Gasteiger partial charge in [-0.1, -0.05) is 153 Å². The minimum Gasteiger partial charge on any atom is -0.457 e. The highest BCUT2D eigenvalue weighted by molar-refractivity contribution is 5.70. The first-order chi connectivity index (χ1) is 23.4. The van der Waals surface area contributed by atoms with E-state index in [-0.39, 0.29) is 36.0 Å². The lowest BCUT2D eigenvalue weighted by molar-refractivity contribution is -0.152. The molecule has 2 aliphatic carbocycles. The van der Waals surface area contributed by atoms with E-state index in [4.69, 9.17) is 9.47 Å². The third-order valence-electron chi connectivity index (χ3n) is 11.1. The van der Waals surface area contributed by atoms with Crippen molar-refractivity contribution >= 4 is 11.9 Å². The number of hydrogen-bond donors (Lipinski definition) is 0.